The van der Waals surface area contributed by atoms with Crippen LogP contribution in [0.1, 0.15) is 16.2 Å². The van der Waals surface area contributed by atoms with Gasteiger partial charge in [-0.15, -0.1) is 0 Å². The van der Waals surface area contributed by atoms with Crippen molar-refractivity contribution in [2.75, 3.05) is 0 Å². The predicted molar refractivity (Wildman–Crippen MR) is 75.9 cm³/mol. The number of H-pyrrole nitrogens is 1. The Balaban J connectivity index is 2.00. The van der Waals surface area contributed by atoms with Crippen molar-refractivity contribution >= 4 is 23.4 Å². The van der Waals surface area contributed by atoms with Gasteiger partial charge in [-0.2, -0.15) is 5.10 Å². The lowest BCUT2D eigenvalue weighted by molar-refractivity contribution is 0.0696. The van der Waals surface area contributed by atoms with Gasteiger partial charge in [-0.05, 0) is 25.1 Å². The highest BCUT2D eigenvalue weighted by molar-refractivity contribution is 7.99. The highest BCUT2D eigenvalue weighted by Crippen LogP contribution is 2.27. The van der Waals surface area contributed by atoms with E-state index in [1.807, 2.05) is 0 Å². The summed E-state index contributed by atoms with van der Waals surface area (Å²) in [6, 6.07) is 8.25. The lowest BCUT2D eigenvalue weighted by Crippen LogP contribution is -2.13. The molecule has 0 spiro atoms. The van der Waals surface area contributed by atoms with Crippen LogP contribution in [0.4, 0.5) is 0 Å². The van der Waals surface area contributed by atoms with Gasteiger partial charge in [-0.25, -0.2) is 24.1 Å². The van der Waals surface area contributed by atoms with Crippen molar-refractivity contribution in [1.29, 1.82) is 0 Å². The Morgan fingerprint density at radius 2 is 2.19 bits per heavy atom. The maximum Gasteiger partial charge on any atom is 0.349 e. The van der Waals surface area contributed by atoms with Gasteiger partial charge in [0.05, 0.1) is 5.56 Å². The lowest BCUT2D eigenvalue weighted by Gasteiger charge is -2.04. The molecule has 7 nitrogen and oxygen atoms in total. The van der Waals surface area contributed by atoms with E-state index in [4.69, 9.17) is 5.11 Å². The standard InChI is InChI=1S/C13H10N4O3S/c1-7-14-11(6-10-15-16-13(20)17(7)10)21-9-4-2-3-8(5-9)12(18)19/h2-6H,1H3,(H,16,20)(H,18,19). The number of hydrogen-bond acceptors (Lipinski definition) is 5. The molecule has 0 unspecified atom stereocenters. The van der Waals surface area contributed by atoms with Crippen molar-refractivity contribution in [3.8, 4) is 0 Å². The monoisotopic (exact) mass is 302 g/mol. The molecule has 1 aromatic carbocycles. The summed E-state index contributed by atoms with van der Waals surface area (Å²) in [7, 11) is 0. The lowest BCUT2D eigenvalue weighted by atomic mass is 10.2. The van der Waals surface area contributed by atoms with E-state index < -0.39 is 5.97 Å². The summed E-state index contributed by atoms with van der Waals surface area (Å²) in [6.45, 7) is 1.71. The van der Waals surface area contributed by atoms with Crippen molar-refractivity contribution in [2.24, 2.45) is 0 Å². The second-order valence-corrected chi connectivity index (χ2v) is 5.39. The molecule has 106 valence electrons. The zero-order valence-corrected chi connectivity index (χ0v) is 11.7. The highest BCUT2D eigenvalue weighted by Gasteiger charge is 2.09. The molecule has 0 atom stereocenters. The number of carbonyl (C=O) groups is 1. The number of aromatic amines is 1. The topological polar surface area (TPSA) is 100 Å². The number of aryl methyl sites for hydroxylation is 1. The number of benzene rings is 1. The van der Waals surface area contributed by atoms with E-state index in [2.05, 4.69) is 15.2 Å². The van der Waals surface area contributed by atoms with Gasteiger partial charge in [0.15, 0.2) is 5.65 Å². The first-order valence-electron chi connectivity index (χ1n) is 6.00. The molecule has 0 bridgehead atoms. The molecular weight excluding hydrogens is 292 g/mol. The molecule has 0 aliphatic rings. The van der Waals surface area contributed by atoms with Crippen molar-refractivity contribution in [1.82, 2.24) is 19.6 Å². The van der Waals surface area contributed by atoms with Crippen LogP contribution in [-0.4, -0.2) is 30.7 Å². The number of hydrogen-bond donors (Lipinski definition) is 2. The van der Waals surface area contributed by atoms with Crippen molar-refractivity contribution in [3.63, 3.8) is 0 Å². The molecule has 3 rings (SSSR count). The molecule has 0 saturated heterocycles. The predicted octanol–water partition coefficient (Wildman–Crippen LogP) is 1.58. The first-order valence-corrected chi connectivity index (χ1v) is 6.82. The summed E-state index contributed by atoms with van der Waals surface area (Å²) in [5.41, 5.74) is 0.359. The van der Waals surface area contributed by atoms with Crippen LogP contribution in [0.25, 0.3) is 5.65 Å². The number of carboxylic acid groups (broad SMARTS) is 1. The minimum atomic E-state index is -0.976. The van der Waals surface area contributed by atoms with Crippen molar-refractivity contribution in [3.05, 3.63) is 52.2 Å². The van der Waals surface area contributed by atoms with Crippen LogP contribution < -0.4 is 5.69 Å². The quantitative estimate of drug-likeness (QED) is 0.712. The average molecular weight is 302 g/mol. The fraction of sp³-hybridized carbons (Fsp3) is 0.0769. The van der Waals surface area contributed by atoms with Gasteiger partial charge in [-0.1, -0.05) is 17.8 Å². The Labute approximate surface area is 122 Å². The minimum absolute atomic E-state index is 0.216. The molecule has 0 saturated carbocycles. The Kier molecular flexibility index (Phi) is 3.22. The van der Waals surface area contributed by atoms with E-state index in [1.54, 1.807) is 31.2 Å². The Bertz CT molecular complexity index is 900. The molecule has 0 aliphatic heterocycles. The number of nitrogens with zero attached hydrogens (tertiary/aromatic N) is 3. The Hall–Kier alpha value is -2.61. The smallest absolute Gasteiger partial charge is 0.349 e. The van der Waals surface area contributed by atoms with Gasteiger partial charge >= 0.3 is 11.7 Å². The fourth-order valence-corrected chi connectivity index (χ4v) is 2.85. The summed E-state index contributed by atoms with van der Waals surface area (Å²) < 4.78 is 1.37. The number of rotatable bonds is 3. The van der Waals surface area contributed by atoms with Gasteiger partial charge < -0.3 is 5.11 Å². The van der Waals surface area contributed by atoms with Crippen molar-refractivity contribution in [2.45, 2.75) is 16.8 Å². The Morgan fingerprint density at radius 1 is 1.38 bits per heavy atom. The van der Waals surface area contributed by atoms with Crippen LogP contribution >= 0.6 is 11.8 Å². The molecule has 2 aromatic heterocycles. The largest absolute Gasteiger partial charge is 0.478 e. The number of nitrogens with one attached hydrogen (secondary N) is 1. The summed E-state index contributed by atoms with van der Waals surface area (Å²) in [6.07, 6.45) is 0. The van der Waals surface area contributed by atoms with Crippen LogP contribution in [0.15, 0.2) is 45.0 Å². The summed E-state index contributed by atoms with van der Waals surface area (Å²) in [5, 5.41) is 15.9. The van der Waals surface area contributed by atoms with Crippen LogP contribution in [0.3, 0.4) is 0 Å². The number of aromatic nitrogens is 4. The maximum absolute atomic E-state index is 11.5. The van der Waals surface area contributed by atoms with E-state index in [0.717, 1.165) is 4.90 Å². The molecule has 8 heteroatoms. The zero-order valence-electron chi connectivity index (χ0n) is 10.9. The van der Waals surface area contributed by atoms with E-state index in [0.29, 0.717) is 16.5 Å². The van der Waals surface area contributed by atoms with E-state index in [1.165, 1.54) is 22.2 Å². The molecule has 0 aliphatic carbocycles. The van der Waals surface area contributed by atoms with Crippen LogP contribution in [-0.2, 0) is 0 Å². The third kappa shape index (κ3) is 2.52. The second-order valence-electron chi connectivity index (χ2n) is 4.30. The zero-order chi connectivity index (χ0) is 15.0. The van der Waals surface area contributed by atoms with E-state index in [9.17, 15) is 9.59 Å². The highest BCUT2D eigenvalue weighted by atomic mass is 32.2. The molecule has 2 heterocycles. The molecule has 2 N–H and O–H groups in total. The molecule has 3 aromatic rings. The second kappa shape index (κ2) is 5.06. The fourth-order valence-electron chi connectivity index (χ4n) is 1.94. The summed E-state index contributed by atoms with van der Waals surface area (Å²) in [5.74, 6) is -0.459. The van der Waals surface area contributed by atoms with Gasteiger partial charge in [0.25, 0.3) is 0 Å². The molecule has 0 amide bonds. The number of aromatic carboxylic acids is 1. The van der Waals surface area contributed by atoms with Crippen LogP contribution in [0, 0.1) is 6.92 Å². The third-order valence-corrected chi connectivity index (χ3v) is 3.76. The molecular formula is C13H10N4O3S. The average Bonchev–Trinajstić information content (AvgIpc) is 2.81. The van der Waals surface area contributed by atoms with Gasteiger partial charge in [0.2, 0.25) is 0 Å². The Morgan fingerprint density at radius 3 is 2.95 bits per heavy atom. The molecule has 0 fully saturated rings. The minimum Gasteiger partial charge on any atom is -0.478 e. The number of fused-ring (bicyclic) bond motifs is 1. The SMILES string of the molecule is Cc1nc(Sc2cccc(C(=O)O)c2)cc2n[nH]c(=O)n12. The normalized spacial score (nSPS) is 10.9. The van der Waals surface area contributed by atoms with Gasteiger partial charge in [0.1, 0.15) is 10.9 Å². The number of carboxylic acids is 1. The van der Waals surface area contributed by atoms with Crippen LogP contribution in [0.5, 0.6) is 0 Å². The first kappa shape index (κ1) is 13.4. The van der Waals surface area contributed by atoms with Gasteiger partial charge in [-0.3, -0.25) is 0 Å². The summed E-state index contributed by atoms with van der Waals surface area (Å²) in [4.78, 5) is 27.6. The third-order valence-electron chi connectivity index (χ3n) is 2.85. The first-order chi connectivity index (χ1) is 10.0. The molecule has 0 radical (unpaired) electrons. The van der Waals surface area contributed by atoms with Crippen LogP contribution in [0.2, 0.25) is 0 Å². The maximum atomic E-state index is 11.5. The van der Waals surface area contributed by atoms with Gasteiger partial charge in [0, 0.05) is 11.0 Å². The molecule has 21 heavy (non-hydrogen) atoms. The van der Waals surface area contributed by atoms with Crippen molar-refractivity contribution < 1.29 is 9.90 Å². The van der Waals surface area contributed by atoms with E-state index in [-0.39, 0.29) is 11.3 Å². The van der Waals surface area contributed by atoms with E-state index >= 15 is 0 Å². The summed E-state index contributed by atoms with van der Waals surface area (Å²) >= 11 is 1.31.